The van der Waals surface area contributed by atoms with Crippen molar-refractivity contribution in [3.8, 4) is 0 Å². The van der Waals surface area contributed by atoms with Gasteiger partial charge in [-0.25, -0.2) is 4.79 Å². The molecule has 0 saturated heterocycles. The van der Waals surface area contributed by atoms with Crippen molar-refractivity contribution in [1.82, 2.24) is 14.9 Å². The number of carbonyl (C=O) groups is 1. The third-order valence-corrected chi connectivity index (χ3v) is 3.51. The average Bonchev–Trinajstić information content (AvgIpc) is 2.75. The molecule has 0 saturated carbocycles. The summed E-state index contributed by atoms with van der Waals surface area (Å²) in [5.74, 6) is -0.174. The SMILES string of the molecule is CC(C)NC(=O)CCn1c(=O)[nH]c2ccsc2c1=O. The molecule has 0 fully saturated rings. The molecule has 0 radical (unpaired) electrons. The maximum atomic E-state index is 12.1. The number of carbonyl (C=O) groups excluding carboxylic acids is 1. The first-order chi connectivity index (χ1) is 8.99. The van der Waals surface area contributed by atoms with E-state index in [2.05, 4.69) is 10.3 Å². The summed E-state index contributed by atoms with van der Waals surface area (Å²) >= 11 is 1.28. The summed E-state index contributed by atoms with van der Waals surface area (Å²) in [6, 6.07) is 1.74. The Bertz CT molecular complexity index is 711. The summed E-state index contributed by atoms with van der Waals surface area (Å²) in [5.41, 5.74) is -0.276. The van der Waals surface area contributed by atoms with E-state index < -0.39 is 5.69 Å². The van der Waals surface area contributed by atoms with Gasteiger partial charge in [-0.1, -0.05) is 0 Å². The number of nitrogens with zero attached hydrogens (tertiary/aromatic N) is 1. The Kier molecular flexibility index (Phi) is 3.84. The molecule has 0 aliphatic carbocycles. The van der Waals surface area contributed by atoms with Crippen LogP contribution in [0.2, 0.25) is 0 Å². The van der Waals surface area contributed by atoms with Crippen molar-refractivity contribution >= 4 is 27.5 Å². The summed E-state index contributed by atoms with van der Waals surface area (Å²) in [5, 5.41) is 4.47. The van der Waals surface area contributed by atoms with Crippen LogP contribution in [0.25, 0.3) is 10.2 Å². The Hall–Kier alpha value is -1.89. The van der Waals surface area contributed by atoms with Crippen LogP contribution in [0.4, 0.5) is 0 Å². The van der Waals surface area contributed by atoms with Crippen LogP contribution < -0.4 is 16.6 Å². The van der Waals surface area contributed by atoms with E-state index in [1.807, 2.05) is 13.8 Å². The first kappa shape index (κ1) is 13.5. The van der Waals surface area contributed by atoms with Crippen molar-refractivity contribution in [3.05, 3.63) is 32.3 Å². The van der Waals surface area contributed by atoms with E-state index in [0.29, 0.717) is 10.2 Å². The molecule has 0 aromatic carbocycles. The molecule has 0 bridgehead atoms. The fraction of sp³-hybridized carbons (Fsp3) is 0.417. The topological polar surface area (TPSA) is 84.0 Å². The van der Waals surface area contributed by atoms with E-state index in [0.717, 1.165) is 4.57 Å². The Morgan fingerprint density at radius 3 is 2.89 bits per heavy atom. The molecule has 2 N–H and O–H groups in total. The van der Waals surface area contributed by atoms with E-state index >= 15 is 0 Å². The highest BCUT2D eigenvalue weighted by molar-refractivity contribution is 7.17. The molecule has 102 valence electrons. The predicted octanol–water partition coefficient (Wildman–Crippen LogP) is 0.666. The van der Waals surface area contributed by atoms with Crippen molar-refractivity contribution in [2.75, 3.05) is 0 Å². The van der Waals surface area contributed by atoms with Crippen molar-refractivity contribution in [2.45, 2.75) is 32.9 Å². The molecule has 2 rings (SSSR count). The summed E-state index contributed by atoms with van der Waals surface area (Å²) < 4.78 is 1.57. The van der Waals surface area contributed by atoms with Gasteiger partial charge in [-0.2, -0.15) is 0 Å². The number of fused-ring (bicyclic) bond motifs is 1. The molecule has 0 unspecified atom stereocenters. The predicted molar refractivity (Wildman–Crippen MR) is 74.6 cm³/mol. The first-order valence-corrected chi connectivity index (χ1v) is 6.86. The normalized spacial score (nSPS) is 11.1. The number of aromatic nitrogens is 2. The zero-order valence-corrected chi connectivity index (χ0v) is 11.5. The third-order valence-electron chi connectivity index (χ3n) is 2.60. The second-order valence-corrected chi connectivity index (χ2v) is 5.44. The monoisotopic (exact) mass is 281 g/mol. The van der Waals surface area contributed by atoms with E-state index in [-0.39, 0.29) is 30.5 Å². The number of nitrogens with one attached hydrogen (secondary N) is 2. The van der Waals surface area contributed by atoms with Gasteiger partial charge in [0.05, 0.1) is 5.52 Å². The highest BCUT2D eigenvalue weighted by Gasteiger charge is 2.10. The van der Waals surface area contributed by atoms with Gasteiger partial charge in [0.25, 0.3) is 5.56 Å². The van der Waals surface area contributed by atoms with Gasteiger partial charge in [-0.05, 0) is 25.3 Å². The Morgan fingerprint density at radius 2 is 2.21 bits per heavy atom. The van der Waals surface area contributed by atoms with Crippen LogP contribution in [-0.4, -0.2) is 21.5 Å². The molecule has 2 aromatic heterocycles. The van der Waals surface area contributed by atoms with Gasteiger partial charge in [0.1, 0.15) is 4.70 Å². The van der Waals surface area contributed by atoms with Gasteiger partial charge in [-0.3, -0.25) is 14.2 Å². The zero-order chi connectivity index (χ0) is 14.0. The lowest BCUT2D eigenvalue weighted by molar-refractivity contribution is -0.121. The Balaban J connectivity index is 2.23. The molecule has 0 aliphatic heterocycles. The number of amides is 1. The number of thiophene rings is 1. The van der Waals surface area contributed by atoms with Gasteiger partial charge in [0.2, 0.25) is 5.91 Å². The highest BCUT2D eigenvalue weighted by atomic mass is 32.1. The molecule has 0 atom stereocenters. The lowest BCUT2D eigenvalue weighted by Gasteiger charge is -2.08. The fourth-order valence-corrected chi connectivity index (χ4v) is 2.58. The van der Waals surface area contributed by atoms with Crippen LogP contribution in [-0.2, 0) is 11.3 Å². The number of hydrogen-bond donors (Lipinski definition) is 2. The van der Waals surface area contributed by atoms with Crippen molar-refractivity contribution in [2.24, 2.45) is 0 Å². The zero-order valence-electron chi connectivity index (χ0n) is 10.7. The van der Waals surface area contributed by atoms with Gasteiger partial charge >= 0.3 is 5.69 Å². The van der Waals surface area contributed by atoms with Gasteiger partial charge < -0.3 is 10.3 Å². The van der Waals surface area contributed by atoms with Gasteiger partial charge in [-0.15, -0.1) is 11.3 Å². The number of H-pyrrole nitrogens is 1. The molecule has 7 heteroatoms. The van der Waals surface area contributed by atoms with Crippen LogP contribution in [0, 0.1) is 0 Å². The molecule has 1 amide bonds. The lowest BCUT2D eigenvalue weighted by Crippen LogP contribution is -2.37. The maximum absolute atomic E-state index is 12.1. The summed E-state index contributed by atoms with van der Waals surface area (Å²) in [4.78, 5) is 38.0. The summed E-state index contributed by atoms with van der Waals surface area (Å²) in [6.07, 6.45) is 0.109. The molecule has 2 aromatic rings. The molecular formula is C12H15N3O3S. The minimum atomic E-state index is -0.478. The van der Waals surface area contributed by atoms with Gasteiger partial charge in [0, 0.05) is 19.0 Å². The molecule has 2 heterocycles. The fourth-order valence-electron chi connectivity index (χ4n) is 1.78. The highest BCUT2D eigenvalue weighted by Crippen LogP contribution is 2.11. The Labute approximate surface area is 113 Å². The van der Waals surface area contributed by atoms with E-state index in [1.165, 1.54) is 11.3 Å². The number of hydrogen-bond acceptors (Lipinski definition) is 4. The first-order valence-electron chi connectivity index (χ1n) is 5.98. The maximum Gasteiger partial charge on any atom is 0.328 e. The quantitative estimate of drug-likeness (QED) is 0.863. The largest absolute Gasteiger partial charge is 0.354 e. The minimum absolute atomic E-state index is 0.0438. The molecule has 19 heavy (non-hydrogen) atoms. The number of rotatable bonds is 4. The van der Waals surface area contributed by atoms with Crippen LogP contribution >= 0.6 is 11.3 Å². The molecule has 0 spiro atoms. The van der Waals surface area contributed by atoms with Crippen molar-refractivity contribution in [1.29, 1.82) is 0 Å². The summed E-state index contributed by atoms with van der Waals surface area (Å²) in [7, 11) is 0. The Morgan fingerprint density at radius 1 is 1.47 bits per heavy atom. The van der Waals surface area contributed by atoms with Crippen molar-refractivity contribution in [3.63, 3.8) is 0 Å². The van der Waals surface area contributed by atoms with Crippen LogP contribution in [0.3, 0.4) is 0 Å². The third kappa shape index (κ3) is 2.93. The van der Waals surface area contributed by atoms with E-state index in [4.69, 9.17) is 0 Å². The van der Waals surface area contributed by atoms with E-state index in [9.17, 15) is 14.4 Å². The van der Waals surface area contributed by atoms with Crippen LogP contribution in [0.15, 0.2) is 21.0 Å². The standard InChI is InChI=1S/C12H15N3O3S/c1-7(2)13-9(16)3-5-15-11(17)10-8(4-6-19-10)14-12(15)18/h4,6-7H,3,5H2,1-2H3,(H,13,16)(H,14,18). The summed E-state index contributed by atoms with van der Waals surface area (Å²) in [6.45, 7) is 3.80. The smallest absolute Gasteiger partial charge is 0.328 e. The number of aromatic amines is 1. The second-order valence-electron chi connectivity index (χ2n) is 4.52. The van der Waals surface area contributed by atoms with Crippen LogP contribution in [0.1, 0.15) is 20.3 Å². The molecule has 0 aliphatic rings. The average molecular weight is 281 g/mol. The van der Waals surface area contributed by atoms with Crippen LogP contribution in [0.5, 0.6) is 0 Å². The van der Waals surface area contributed by atoms with Crippen molar-refractivity contribution < 1.29 is 4.79 Å². The second kappa shape index (κ2) is 5.40. The molecule has 6 nitrogen and oxygen atoms in total. The van der Waals surface area contributed by atoms with E-state index in [1.54, 1.807) is 11.4 Å². The molecular weight excluding hydrogens is 266 g/mol. The lowest BCUT2D eigenvalue weighted by atomic mass is 10.3. The van der Waals surface area contributed by atoms with Gasteiger partial charge in [0.15, 0.2) is 0 Å². The minimum Gasteiger partial charge on any atom is -0.354 e.